The number of carbonyl (C=O) groups excluding carboxylic acids is 2. The molecule has 2 amide bonds. The minimum absolute atomic E-state index is 0.0801. The SMILES string of the molecule is CC(C)CN(CC(C)C)C(=O)C1CCN(C(=O)C(C)(C)C)CC1. The number of amides is 2. The van der Waals surface area contributed by atoms with Gasteiger partial charge in [-0.3, -0.25) is 9.59 Å². The highest BCUT2D eigenvalue weighted by Gasteiger charge is 2.34. The number of likely N-dealkylation sites (tertiary alicyclic amines) is 1. The summed E-state index contributed by atoms with van der Waals surface area (Å²) < 4.78 is 0. The third kappa shape index (κ3) is 6.15. The third-order valence-electron chi connectivity index (χ3n) is 4.26. The minimum atomic E-state index is -0.335. The quantitative estimate of drug-likeness (QED) is 0.777. The van der Waals surface area contributed by atoms with Crippen LogP contribution in [-0.4, -0.2) is 47.8 Å². The first-order chi connectivity index (χ1) is 10.5. The molecule has 0 aromatic rings. The molecule has 0 aliphatic carbocycles. The molecule has 0 atom stereocenters. The van der Waals surface area contributed by atoms with Crippen molar-refractivity contribution in [3.05, 3.63) is 0 Å². The van der Waals surface area contributed by atoms with Crippen LogP contribution in [0, 0.1) is 23.2 Å². The maximum absolute atomic E-state index is 12.9. The molecule has 0 saturated carbocycles. The zero-order valence-electron chi connectivity index (χ0n) is 16.2. The van der Waals surface area contributed by atoms with Gasteiger partial charge in [0.05, 0.1) is 0 Å². The molecular weight excluding hydrogens is 288 g/mol. The van der Waals surface area contributed by atoms with Crippen molar-refractivity contribution in [3.63, 3.8) is 0 Å². The topological polar surface area (TPSA) is 40.6 Å². The van der Waals surface area contributed by atoms with E-state index in [1.807, 2.05) is 30.6 Å². The fourth-order valence-corrected chi connectivity index (χ4v) is 3.20. The summed E-state index contributed by atoms with van der Waals surface area (Å²) in [6, 6.07) is 0. The molecule has 134 valence electrons. The molecule has 1 saturated heterocycles. The zero-order chi connectivity index (χ0) is 17.8. The Morgan fingerprint density at radius 2 is 1.43 bits per heavy atom. The van der Waals surface area contributed by atoms with Crippen LogP contribution in [0.15, 0.2) is 0 Å². The summed E-state index contributed by atoms with van der Waals surface area (Å²) in [4.78, 5) is 29.2. The monoisotopic (exact) mass is 324 g/mol. The smallest absolute Gasteiger partial charge is 0.227 e. The van der Waals surface area contributed by atoms with Crippen molar-refractivity contribution in [1.82, 2.24) is 9.80 Å². The van der Waals surface area contributed by atoms with Gasteiger partial charge in [-0.25, -0.2) is 0 Å². The van der Waals surface area contributed by atoms with Gasteiger partial charge >= 0.3 is 0 Å². The third-order valence-corrected chi connectivity index (χ3v) is 4.26. The number of hydrogen-bond donors (Lipinski definition) is 0. The van der Waals surface area contributed by atoms with Crippen LogP contribution in [0.3, 0.4) is 0 Å². The Morgan fingerprint density at radius 3 is 1.78 bits per heavy atom. The van der Waals surface area contributed by atoms with E-state index < -0.39 is 0 Å². The molecule has 0 spiro atoms. The van der Waals surface area contributed by atoms with Gasteiger partial charge in [0.25, 0.3) is 0 Å². The predicted molar refractivity (Wildman–Crippen MR) is 95.0 cm³/mol. The molecule has 0 aromatic heterocycles. The molecule has 1 fully saturated rings. The van der Waals surface area contributed by atoms with Crippen LogP contribution >= 0.6 is 0 Å². The summed E-state index contributed by atoms with van der Waals surface area (Å²) in [7, 11) is 0. The molecular formula is C19H36N2O2. The van der Waals surface area contributed by atoms with Gasteiger partial charge in [-0.15, -0.1) is 0 Å². The van der Waals surface area contributed by atoms with Crippen LogP contribution in [0.2, 0.25) is 0 Å². The zero-order valence-corrected chi connectivity index (χ0v) is 16.2. The lowest BCUT2D eigenvalue weighted by atomic mass is 9.90. The van der Waals surface area contributed by atoms with E-state index in [0.29, 0.717) is 24.9 Å². The molecule has 1 aliphatic rings. The van der Waals surface area contributed by atoms with Crippen LogP contribution in [-0.2, 0) is 9.59 Å². The Labute approximate surface area is 142 Å². The van der Waals surface area contributed by atoms with Crippen molar-refractivity contribution in [2.75, 3.05) is 26.2 Å². The van der Waals surface area contributed by atoms with Crippen molar-refractivity contribution in [2.24, 2.45) is 23.2 Å². The Hall–Kier alpha value is -1.06. The molecule has 1 rings (SSSR count). The van der Waals surface area contributed by atoms with E-state index in [4.69, 9.17) is 0 Å². The van der Waals surface area contributed by atoms with Crippen LogP contribution in [0.25, 0.3) is 0 Å². The van der Waals surface area contributed by atoms with E-state index in [9.17, 15) is 9.59 Å². The number of rotatable bonds is 5. The number of carbonyl (C=O) groups is 2. The highest BCUT2D eigenvalue weighted by atomic mass is 16.2. The van der Waals surface area contributed by atoms with Gasteiger partial charge in [0.1, 0.15) is 0 Å². The van der Waals surface area contributed by atoms with Gasteiger partial charge in [0.2, 0.25) is 11.8 Å². The molecule has 1 heterocycles. The average molecular weight is 325 g/mol. The minimum Gasteiger partial charge on any atom is -0.342 e. The van der Waals surface area contributed by atoms with Crippen molar-refractivity contribution >= 4 is 11.8 Å². The van der Waals surface area contributed by atoms with Gasteiger partial charge < -0.3 is 9.80 Å². The van der Waals surface area contributed by atoms with Crippen LogP contribution in [0.5, 0.6) is 0 Å². The normalized spacial score (nSPS) is 17.0. The van der Waals surface area contributed by atoms with Gasteiger partial charge in [-0.05, 0) is 24.7 Å². The van der Waals surface area contributed by atoms with E-state index in [0.717, 1.165) is 25.9 Å². The van der Waals surface area contributed by atoms with Gasteiger partial charge in [-0.2, -0.15) is 0 Å². The molecule has 4 heteroatoms. The summed E-state index contributed by atoms with van der Waals surface area (Å²) >= 11 is 0. The summed E-state index contributed by atoms with van der Waals surface area (Å²) in [5, 5.41) is 0. The van der Waals surface area contributed by atoms with Crippen molar-refractivity contribution in [3.8, 4) is 0 Å². The maximum atomic E-state index is 12.9. The lowest BCUT2D eigenvalue weighted by molar-refractivity contribution is -0.145. The van der Waals surface area contributed by atoms with Crippen molar-refractivity contribution in [1.29, 1.82) is 0 Å². The van der Waals surface area contributed by atoms with Gasteiger partial charge in [-0.1, -0.05) is 48.5 Å². The molecule has 4 nitrogen and oxygen atoms in total. The number of nitrogens with zero attached hydrogens (tertiary/aromatic N) is 2. The Bertz CT molecular complexity index is 392. The Morgan fingerprint density at radius 1 is 1.00 bits per heavy atom. The average Bonchev–Trinajstić information content (AvgIpc) is 2.43. The standard InChI is InChI=1S/C19H36N2O2/c1-14(2)12-21(13-15(3)4)17(22)16-8-10-20(11-9-16)18(23)19(5,6)7/h14-16H,8-13H2,1-7H3. The molecule has 0 radical (unpaired) electrons. The Kier molecular flexibility index (Phi) is 7.09. The first-order valence-electron chi connectivity index (χ1n) is 9.10. The fourth-order valence-electron chi connectivity index (χ4n) is 3.20. The molecule has 0 aromatic carbocycles. The van der Waals surface area contributed by atoms with Crippen LogP contribution in [0.4, 0.5) is 0 Å². The van der Waals surface area contributed by atoms with Crippen molar-refractivity contribution < 1.29 is 9.59 Å². The van der Waals surface area contributed by atoms with Gasteiger partial charge in [0, 0.05) is 37.5 Å². The first kappa shape index (κ1) is 20.0. The lowest BCUT2D eigenvalue weighted by Crippen LogP contribution is -2.48. The van der Waals surface area contributed by atoms with E-state index in [1.54, 1.807) is 0 Å². The molecule has 0 bridgehead atoms. The fraction of sp³-hybridized carbons (Fsp3) is 0.895. The molecule has 0 N–H and O–H groups in total. The molecule has 23 heavy (non-hydrogen) atoms. The first-order valence-corrected chi connectivity index (χ1v) is 9.10. The highest BCUT2D eigenvalue weighted by molar-refractivity contribution is 5.82. The summed E-state index contributed by atoms with van der Waals surface area (Å²) in [6.07, 6.45) is 1.60. The van der Waals surface area contributed by atoms with E-state index in [1.165, 1.54) is 0 Å². The van der Waals surface area contributed by atoms with Crippen LogP contribution < -0.4 is 0 Å². The second kappa shape index (κ2) is 8.16. The summed E-state index contributed by atoms with van der Waals surface area (Å²) in [5.41, 5.74) is -0.335. The van der Waals surface area contributed by atoms with E-state index >= 15 is 0 Å². The lowest BCUT2D eigenvalue weighted by Gasteiger charge is -2.37. The highest BCUT2D eigenvalue weighted by Crippen LogP contribution is 2.25. The predicted octanol–water partition coefficient (Wildman–Crippen LogP) is 3.41. The largest absolute Gasteiger partial charge is 0.342 e. The van der Waals surface area contributed by atoms with E-state index in [-0.39, 0.29) is 23.1 Å². The van der Waals surface area contributed by atoms with Gasteiger partial charge in [0.15, 0.2) is 0 Å². The second-order valence-electron chi connectivity index (χ2n) is 8.85. The maximum Gasteiger partial charge on any atom is 0.227 e. The van der Waals surface area contributed by atoms with Crippen molar-refractivity contribution in [2.45, 2.75) is 61.3 Å². The Balaban J connectivity index is 2.63. The second-order valence-corrected chi connectivity index (χ2v) is 8.85. The summed E-state index contributed by atoms with van der Waals surface area (Å²) in [6.45, 7) is 17.6. The number of hydrogen-bond acceptors (Lipinski definition) is 2. The molecule has 1 aliphatic heterocycles. The number of piperidine rings is 1. The molecule has 0 unspecified atom stereocenters. The van der Waals surface area contributed by atoms with E-state index in [2.05, 4.69) is 27.7 Å². The summed E-state index contributed by atoms with van der Waals surface area (Å²) in [5.74, 6) is 1.54. The van der Waals surface area contributed by atoms with Crippen LogP contribution in [0.1, 0.15) is 61.3 Å².